The fourth-order valence-electron chi connectivity index (χ4n) is 3.67. The second-order valence-electron chi connectivity index (χ2n) is 7.01. The second kappa shape index (κ2) is 7.52. The summed E-state index contributed by atoms with van der Waals surface area (Å²) in [6.07, 6.45) is 0.622. The normalized spacial score (nSPS) is 20.3. The van der Waals surface area contributed by atoms with Crippen LogP contribution in [0.5, 0.6) is 5.75 Å². The molecule has 2 heterocycles. The molecule has 6 nitrogen and oxygen atoms in total. The number of fused-ring (bicyclic) bond motifs is 1. The molecule has 4 rings (SSSR count). The van der Waals surface area contributed by atoms with Gasteiger partial charge in [0.05, 0.1) is 10.8 Å². The first-order valence-corrected chi connectivity index (χ1v) is 10.6. The highest BCUT2D eigenvalue weighted by Gasteiger charge is 2.34. The van der Waals surface area contributed by atoms with E-state index >= 15 is 0 Å². The molecule has 1 atom stereocenters. The Morgan fingerprint density at radius 1 is 1.04 bits per heavy atom. The van der Waals surface area contributed by atoms with Crippen molar-refractivity contribution in [2.45, 2.75) is 11.3 Å². The third kappa shape index (κ3) is 3.62. The molecule has 0 spiro atoms. The Morgan fingerprint density at radius 3 is 2.54 bits per heavy atom. The number of amides is 1. The minimum absolute atomic E-state index is 0.0164. The van der Waals surface area contributed by atoms with E-state index in [1.165, 1.54) is 22.5 Å². The molecule has 0 unspecified atom stereocenters. The number of piperazine rings is 1. The summed E-state index contributed by atoms with van der Waals surface area (Å²) in [6, 6.07) is 12.7. The van der Waals surface area contributed by atoms with Crippen molar-refractivity contribution in [1.82, 2.24) is 9.21 Å². The number of rotatable bonds is 3. The highest BCUT2D eigenvalue weighted by atomic mass is 32.2. The minimum atomic E-state index is -3.77. The van der Waals surface area contributed by atoms with Gasteiger partial charge in [-0.1, -0.05) is 24.3 Å². The third-order valence-corrected chi connectivity index (χ3v) is 7.11. The van der Waals surface area contributed by atoms with Gasteiger partial charge in [0.25, 0.3) is 0 Å². The highest BCUT2D eigenvalue weighted by Crippen LogP contribution is 2.28. The van der Waals surface area contributed by atoms with Crippen molar-refractivity contribution in [3.63, 3.8) is 0 Å². The quantitative estimate of drug-likeness (QED) is 0.784. The maximum atomic E-state index is 13.4. The molecule has 2 aromatic rings. The zero-order chi connectivity index (χ0) is 19.7. The molecule has 0 saturated carbocycles. The molecule has 1 fully saturated rings. The molecule has 0 bridgehead atoms. The van der Waals surface area contributed by atoms with Gasteiger partial charge in [0, 0.05) is 26.2 Å². The van der Waals surface area contributed by atoms with Crippen molar-refractivity contribution in [3.8, 4) is 5.75 Å². The molecule has 0 aliphatic carbocycles. The molecule has 1 saturated heterocycles. The monoisotopic (exact) mass is 404 g/mol. The molecule has 0 aromatic heterocycles. The van der Waals surface area contributed by atoms with Gasteiger partial charge >= 0.3 is 0 Å². The number of benzene rings is 2. The summed E-state index contributed by atoms with van der Waals surface area (Å²) in [5, 5.41) is 0. The van der Waals surface area contributed by atoms with E-state index in [4.69, 9.17) is 4.74 Å². The molecule has 1 amide bonds. The SMILES string of the molecule is O=C([C@@H]1COc2ccccc2C1)N1CCN(S(=O)(=O)c2cccc(F)c2)CC1. The molecule has 0 radical (unpaired) electrons. The summed E-state index contributed by atoms with van der Waals surface area (Å²) >= 11 is 0. The van der Waals surface area contributed by atoms with E-state index in [0.717, 1.165) is 17.4 Å². The maximum Gasteiger partial charge on any atom is 0.243 e. The summed E-state index contributed by atoms with van der Waals surface area (Å²) in [4.78, 5) is 14.5. The van der Waals surface area contributed by atoms with Gasteiger partial charge in [-0.2, -0.15) is 4.31 Å². The van der Waals surface area contributed by atoms with Crippen LogP contribution in [0.2, 0.25) is 0 Å². The first-order chi connectivity index (χ1) is 13.4. The molecule has 2 aliphatic heterocycles. The van der Waals surface area contributed by atoms with Gasteiger partial charge in [0.2, 0.25) is 15.9 Å². The number of carbonyl (C=O) groups is 1. The van der Waals surface area contributed by atoms with Crippen LogP contribution >= 0.6 is 0 Å². The van der Waals surface area contributed by atoms with Crippen LogP contribution in [-0.2, 0) is 21.2 Å². The summed E-state index contributed by atoms with van der Waals surface area (Å²) < 4.78 is 45.8. The van der Waals surface area contributed by atoms with Gasteiger partial charge in [0.1, 0.15) is 18.2 Å². The summed E-state index contributed by atoms with van der Waals surface area (Å²) in [6.45, 7) is 1.33. The van der Waals surface area contributed by atoms with Crippen LogP contribution in [0.3, 0.4) is 0 Å². The van der Waals surface area contributed by atoms with Crippen LogP contribution in [0.15, 0.2) is 53.4 Å². The topological polar surface area (TPSA) is 66.9 Å². The van der Waals surface area contributed by atoms with Crippen molar-refractivity contribution in [2.24, 2.45) is 5.92 Å². The third-order valence-electron chi connectivity index (χ3n) is 5.21. The molecule has 8 heteroatoms. The molecule has 0 N–H and O–H groups in total. The standard InChI is InChI=1S/C20H21FN2O4S/c21-17-5-3-6-18(13-17)28(25,26)23-10-8-22(9-11-23)20(24)16-12-15-4-1-2-7-19(15)27-14-16/h1-7,13,16H,8-12,14H2/t16-/m0/s1. The van der Waals surface area contributed by atoms with Crippen LogP contribution in [0.25, 0.3) is 0 Å². The van der Waals surface area contributed by atoms with Gasteiger partial charge in [-0.05, 0) is 36.2 Å². The number of para-hydroxylation sites is 1. The Bertz CT molecular complexity index is 987. The fourth-order valence-corrected chi connectivity index (χ4v) is 5.12. The Kier molecular flexibility index (Phi) is 5.07. The van der Waals surface area contributed by atoms with Crippen LogP contribution in [-0.4, -0.2) is 56.3 Å². The fraction of sp³-hybridized carbons (Fsp3) is 0.350. The smallest absolute Gasteiger partial charge is 0.243 e. The van der Waals surface area contributed by atoms with Crippen LogP contribution < -0.4 is 4.74 Å². The molecular weight excluding hydrogens is 383 g/mol. The predicted molar refractivity (Wildman–Crippen MR) is 101 cm³/mol. The van der Waals surface area contributed by atoms with Gasteiger partial charge in [-0.25, -0.2) is 12.8 Å². The predicted octanol–water partition coefficient (Wildman–Crippen LogP) is 1.91. The number of carbonyl (C=O) groups excluding carboxylic acids is 1. The van der Waals surface area contributed by atoms with E-state index in [0.29, 0.717) is 26.1 Å². The summed E-state index contributed by atoms with van der Waals surface area (Å²) in [5.41, 5.74) is 1.01. The number of halogens is 1. The van der Waals surface area contributed by atoms with Gasteiger partial charge in [-0.3, -0.25) is 4.79 Å². The van der Waals surface area contributed by atoms with Crippen LogP contribution in [0, 0.1) is 11.7 Å². The second-order valence-corrected chi connectivity index (χ2v) is 8.94. The van der Waals surface area contributed by atoms with E-state index in [1.54, 1.807) is 4.90 Å². The molecule has 148 valence electrons. The Balaban J connectivity index is 1.40. The van der Waals surface area contributed by atoms with E-state index in [-0.39, 0.29) is 29.8 Å². The molecule has 2 aromatic carbocycles. The number of ether oxygens (including phenoxy) is 1. The lowest BCUT2D eigenvalue weighted by Gasteiger charge is -2.36. The summed E-state index contributed by atoms with van der Waals surface area (Å²) in [7, 11) is -3.77. The van der Waals surface area contributed by atoms with E-state index in [9.17, 15) is 17.6 Å². The number of hydrogen-bond donors (Lipinski definition) is 0. The highest BCUT2D eigenvalue weighted by molar-refractivity contribution is 7.89. The van der Waals surface area contributed by atoms with Crippen LogP contribution in [0.4, 0.5) is 4.39 Å². The lowest BCUT2D eigenvalue weighted by Crippen LogP contribution is -2.52. The lowest BCUT2D eigenvalue weighted by atomic mass is 9.95. The zero-order valence-corrected chi connectivity index (χ0v) is 16.1. The van der Waals surface area contributed by atoms with Crippen molar-refractivity contribution >= 4 is 15.9 Å². The average Bonchev–Trinajstić information content (AvgIpc) is 2.73. The summed E-state index contributed by atoms with van der Waals surface area (Å²) in [5.74, 6) is -0.0522. The van der Waals surface area contributed by atoms with Gasteiger partial charge < -0.3 is 9.64 Å². The van der Waals surface area contributed by atoms with E-state index < -0.39 is 15.8 Å². The van der Waals surface area contributed by atoms with E-state index in [2.05, 4.69) is 0 Å². The lowest BCUT2D eigenvalue weighted by molar-refractivity contribution is -0.138. The van der Waals surface area contributed by atoms with Gasteiger partial charge in [0.15, 0.2) is 0 Å². The number of sulfonamides is 1. The van der Waals surface area contributed by atoms with Crippen molar-refractivity contribution < 1.29 is 22.3 Å². The van der Waals surface area contributed by atoms with Crippen LogP contribution in [0.1, 0.15) is 5.56 Å². The van der Waals surface area contributed by atoms with Crippen molar-refractivity contribution in [1.29, 1.82) is 0 Å². The minimum Gasteiger partial charge on any atom is -0.492 e. The first-order valence-electron chi connectivity index (χ1n) is 9.20. The van der Waals surface area contributed by atoms with Gasteiger partial charge in [-0.15, -0.1) is 0 Å². The van der Waals surface area contributed by atoms with E-state index in [1.807, 2.05) is 24.3 Å². The van der Waals surface area contributed by atoms with Crippen molar-refractivity contribution in [3.05, 3.63) is 59.9 Å². The maximum absolute atomic E-state index is 13.4. The molecule has 2 aliphatic rings. The number of hydrogen-bond acceptors (Lipinski definition) is 4. The first kappa shape index (κ1) is 18.9. The average molecular weight is 404 g/mol. The largest absolute Gasteiger partial charge is 0.492 e. The van der Waals surface area contributed by atoms with Crippen molar-refractivity contribution in [2.75, 3.05) is 32.8 Å². The Hall–Kier alpha value is -2.45. The molecule has 28 heavy (non-hydrogen) atoms. The Labute approximate surface area is 163 Å². The number of nitrogens with zero attached hydrogens (tertiary/aromatic N) is 2. The zero-order valence-electron chi connectivity index (χ0n) is 15.3. The Morgan fingerprint density at radius 2 is 1.79 bits per heavy atom. The molecular formula is C20H21FN2O4S.